The molecule has 1 rings (SSSR count). The molecule has 0 saturated carbocycles. The quantitative estimate of drug-likeness (QED) is 0.741. The number of likely N-dealkylation sites (N-methyl/N-ethyl adjacent to an activating group) is 1. The predicted molar refractivity (Wildman–Crippen MR) is 81.5 cm³/mol. The van der Waals surface area contributed by atoms with Crippen molar-refractivity contribution in [2.75, 3.05) is 32.1 Å². The molecule has 0 spiro atoms. The van der Waals surface area contributed by atoms with Crippen molar-refractivity contribution in [2.24, 2.45) is 0 Å². The number of hydrogen-bond acceptors (Lipinski definition) is 4. The molecular weight excluding hydrogens is 272 g/mol. The van der Waals surface area contributed by atoms with Crippen molar-refractivity contribution in [3.05, 3.63) is 21.3 Å². The molecule has 98 valence electrons. The lowest BCUT2D eigenvalue weighted by molar-refractivity contribution is 0.277. The number of rotatable bonds is 8. The maximum Gasteiger partial charge on any atom is 0.0931 e. The first kappa shape index (κ1) is 15.3. The van der Waals surface area contributed by atoms with Gasteiger partial charge in [-0.25, -0.2) is 0 Å². The summed E-state index contributed by atoms with van der Waals surface area (Å²) in [5.41, 5.74) is 0. The molecule has 1 aromatic rings. The predicted octanol–water partition coefficient (Wildman–Crippen LogP) is 3.17. The van der Waals surface area contributed by atoms with Gasteiger partial charge in [-0.3, -0.25) is 0 Å². The van der Waals surface area contributed by atoms with Crippen LogP contribution >= 0.6 is 34.7 Å². The molecule has 1 atom stereocenters. The van der Waals surface area contributed by atoms with Crippen LogP contribution in [0.2, 0.25) is 4.34 Å². The van der Waals surface area contributed by atoms with Gasteiger partial charge in [-0.05, 0) is 32.4 Å². The zero-order valence-corrected chi connectivity index (χ0v) is 13.1. The smallest absolute Gasteiger partial charge is 0.0931 e. The number of halogens is 1. The van der Waals surface area contributed by atoms with E-state index in [-0.39, 0.29) is 0 Å². The summed E-state index contributed by atoms with van der Waals surface area (Å²) in [5.74, 6) is 1.19. The number of nitrogens with zero attached hydrogens (tertiary/aromatic N) is 1. The average Bonchev–Trinajstić information content (AvgIpc) is 2.70. The zero-order chi connectivity index (χ0) is 12.7. The summed E-state index contributed by atoms with van der Waals surface area (Å²) in [6.45, 7) is 5.29. The molecule has 0 aliphatic rings. The third-order valence-electron chi connectivity index (χ3n) is 2.73. The Balaban J connectivity index is 2.11. The van der Waals surface area contributed by atoms with E-state index in [1.54, 1.807) is 11.3 Å². The summed E-state index contributed by atoms with van der Waals surface area (Å²) in [4.78, 5) is 3.69. The van der Waals surface area contributed by atoms with Crippen molar-refractivity contribution in [1.82, 2.24) is 10.2 Å². The minimum absolute atomic E-state index is 0.642. The fourth-order valence-corrected chi connectivity index (χ4v) is 3.30. The second-order valence-corrected chi connectivity index (χ2v) is 6.88. The molecule has 1 heterocycles. The van der Waals surface area contributed by atoms with E-state index in [0.717, 1.165) is 24.0 Å². The lowest BCUT2D eigenvalue weighted by Gasteiger charge is -2.23. The van der Waals surface area contributed by atoms with E-state index in [4.69, 9.17) is 11.6 Å². The Labute approximate surface area is 118 Å². The minimum atomic E-state index is 0.642. The highest BCUT2D eigenvalue weighted by atomic mass is 35.5. The molecule has 0 saturated heterocycles. The van der Waals surface area contributed by atoms with E-state index >= 15 is 0 Å². The van der Waals surface area contributed by atoms with Gasteiger partial charge in [0.05, 0.1) is 4.34 Å². The van der Waals surface area contributed by atoms with Crippen molar-refractivity contribution >= 4 is 34.7 Å². The molecule has 0 fully saturated rings. The molecule has 0 bridgehead atoms. The van der Waals surface area contributed by atoms with E-state index in [1.165, 1.54) is 10.6 Å². The van der Waals surface area contributed by atoms with Crippen LogP contribution in [-0.2, 0) is 6.54 Å². The van der Waals surface area contributed by atoms with Crippen molar-refractivity contribution in [3.8, 4) is 0 Å². The van der Waals surface area contributed by atoms with E-state index < -0.39 is 0 Å². The number of thioether (sulfide) groups is 1. The van der Waals surface area contributed by atoms with Crippen LogP contribution in [0.4, 0.5) is 0 Å². The summed E-state index contributed by atoms with van der Waals surface area (Å²) in [6.07, 6.45) is 2.16. The molecular formula is C12H21ClN2S2. The molecule has 1 N–H and O–H groups in total. The van der Waals surface area contributed by atoms with Crippen molar-refractivity contribution in [1.29, 1.82) is 0 Å². The number of hydrogen-bond donors (Lipinski definition) is 1. The van der Waals surface area contributed by atoms with Gasteiger partial charge in [-0.15, -0.1) is 11.3 Å². The SMILES string of the molecule is CSCC(C)N(C)CCNCc1ccc(Cl)s1. The zero-order valence-electron chi connectivity index (χ0n) is 10.7. The first-order valence-electron chi connectivity index (χ1n) is 5.77. The van der Waals surface area contributed by atoms with Crippen molar-refractivity contribution < 1.29 is 0 Å². The molecule has 0 amide bonds. The van der Waals surface area contributed by atoms with Crippen LogP contribution in [0, 0.1) is 0 Å². The fraction of sp³-hybridized carbons (Fsp3) is 0.667. The van der Waals surface area contributed by atoms with Gasteiger partial charge in [0.15, 0.2) is 0 Å². The Bertz CT molecular complexity index is 317. The topological polar surface area (TPSA) is 15.3 Å². The molecule has 1 aromatic heterocycles. The monoisotopic (exact) mass is 292 g/mol. The van der Waals surface area contributed by atoms with Gasteiger partial charge in [-0.1, -0.05) is 11.6 Å². The Morgan fingerprint density at radius 3 is 2.88 bits per heavy atom. The summed E-state index contributed by atoms with van der Waals surface area (Å²) < 4.78 is 0.868. The Hall–Kier alpha value is 0.260. The molecule has 5 heteroatoms. The van der Waals surface area contributed by atoms with Crippen molar-refractivity contribution in [2.45, 2.75) is 19.5 Å². The maximum absolute atomic E-state index is 5.88. The van der Waals surface area contributed by atoms with Gasteiger partial charge in [0, 0.05) is 36.3 Å². The van der Waals surface area contributed by atoms with E-state index in [1.807, 2.05) is 17.8 Å². The highest BCUT2D eigenvalue weighted by molar-refractivity contribution is 7.98. The first-order valence-corrected chi connectivity index (χ1v) is 8.36. The summed E-state index contributed by atoms with van der Waals surface area (Å²) >= 11 is 9.43. The third-order valence-corrected chi connectivity index (χ3v) is 4.78. The van der Waals surface area contributed by atoms with Crippen LogP contribution in [-0.4, -0.2) is 43.1 Å². The van der Waals surface area contributed by atoms with Crippen LogP contribution in [0.15, 0.2) is 12.1 Å². The van der Waals surface area contributed by atoms with Gasteiger partial charge < -0.3 is 10.2 Å². The van der Waals surface area contributed by atoms with Gasteiger partial charge in [-0.2, -0.15) is 11.8 Å². The van der Waals surface area contributed by atoms with Crippen LogP contribution in [0.5, 0.6) is 0 Å². The molecule has 1 unspecified atom stereocenters. The lowest BCUT2D eigenvalue weighted by Crippen LogP contribution is -2.36. The van der Waals surface area contributed by atoms with E-state index in [0.29, 0.717) is 6.04 Å². The number of nitrogens with one attached hydrogen (secondary N) is 1. The lowest BCUT2D eigenvalue weighted by atomic mass is 10.3. The Morgan fingerprint density at radius 2 is 2.29 bits per heavy atom. The Morgan fingerprint density at radius 1 is 1.53 bits per heavy atom. The van der Waals surface area contributed by atoms with Crippen LogP contribution in [0.25, 0.3) is 0 Å². The van der Waals surface area contributed by atoms with Gasteiger partial charge in [0.2, 0.25) is 0 Å². The van der Waals surface area contributed by atoms with Gasteiger partial charge in [0.1, 0.15) is 0 Å². The second-order valence-electron chi connectivity index (χ2n) is 4.17. The normalized spacial score (nSPS) is 13.2. The standard InChI is InChI=1S/C12H21ClN2S2/c1-10(9-16-3)15(2)7-6-14-8-11-4-5-12(13)17-11/h4-5,10,14H,6-9H2,1-3H3. The van der Waals surface area contributed by atoms with Crippen LogP contribution in [0.3, 0.4) is 0 Å². The average molecular weight is 293 g/mol. The molecule has 0 aliphatic carbocycles. The fourth-order valence-electron chi connectivity index (χ4n) is 1.50. The van der Waals surface area contributed by atoms with E-state index in [9.17, 15) is 0 Å². The van der Waals surface area contributed by atoms with E-state index in [2.05, 4.69) is 36.5 Å². The molecule has 0 radical (unpaired) electrons. The molecule has 0 aromatic carbocycles. The molecule has 2 nitrogen and oxygen atoms in total. The maximum atomic E-state index is 5.88. The van der Waals surface area contributed by atoms with Crippen LogP contribution < -0.4 is 5.32 Å². The van der Waals surface area contributed by atoms with Crippen molar-refractivity contribution in [3.63, 3.8) is 0 Å². The third kappa shape index (κ3) is 6.11. The molecule has 0 aliphatic heterocycles. The highest BCUT2D eigenvalue weighted by Gasteiger charge is 2.07. The summed E-state index contributed by atoms with van der Waals surface area (Å²) in [7, 11) is 2.19. The van der Waals surface area contributed by atoms with Gasteiger partial charge in [0.25, 0.3) is 0 Å². The minimum Gasteiger partial charge on any atom is -0.311 e. The van der Waals surface area contributed by atoms with Crippen LogP contribution in [0.1, 0.15) is 11.8 Å². The highest BCUT2D eigenvalue weighted by Crippen LogP contribution is 2.20. The summed E-state index contributed by atoms with van der Waals surface area (Å²) in [5, 5.41) is 3.45. The summed E-state index contributed by atoms with van der Waals surface area (Å²) in [6, 6.07) is 4.68. The molecule has 17 heavy (non-hydrogen) atoms. The largest absolute Gasteiger partial charge is 0.311 e. The van der Waals surface area contributed by atoms with Gasteiger partial charge >= 0.3 is 0 Å². The number of thiophene rings is 1. The second kappa shape index (κ2) is 8.38. The Kier molecular flexibility index (Phi) is 7.55. The first-order chi connectivity index (χ1) is 8.13.